The second-order valence-corrected chi connectivity index (χ2v) is 6.82. The van der Waals surface area contributed by atoms with Gasteiger partial charge in [-0.05, 0) is 25.8 Å². The number of aromatic nitrogens is 2. The highest BCUT2D eigenvalue weighted by atomic mass is 16.5. The number of amides is 1. The van der Waals surface area contributed by atoms with Crippen LogP contribution in [0.4, 0.5) is 0 Å². The van der Waals surface area contributed by atoms with Gasteiger partial charge >= 0.3 is 0 Å². The van der Waals surface area contributed by atoms with Crippen LogP contribution in [0.1, 0.15) is 30.3 Å². The molecule has 1 amide bonds. The van der Waals surface area contributed by atoms with Gasteiger partial charge in [-0.2, -0.15) is 5.10 Å². The monoisotopic (exact) mass is 328 g/mol. The third-order valence-corrected chi connectivity index (χ3v) is 5.21. The van der Waals surface area contributed by atoms with Gasteiger partial charge in [0, 0.05) is 37.6 Å². The van der Waals surface area contributed by atoms with Crippen molar-refractivity contribution < 1.29 is 9.53 Å². The fourth-order valence-electron chi connectivity index (χ4n) is 3.89. The van der Waals surface area contributed by atoms with Crippen molar-refractivity contribution in [2.24, 2.45) is 0 Å². The van der Waals surface area contributed by atoms with Crippen LogP contribution in [0.25, 0.3) is 10.9 Å². The summed E-state index contributed by atoms with van der Waals surface area (Å²) in [7, 11) is 0. The molecule has 0 aliphatic carbocycles. The minimum atomic E-state index is 0.0428. The number of para-hydroxylation sites is 1. The first-order valence-corrected chi connectivity index (χ1v) is 8.80. The number of carbonyl (C=O) groups is 1. The number of H-pyrrole nitrogens is 1. The standard InChI is InChI=1S/C18H24N4O2/c1-13-12-22(10-11-24-13)14-6-8-21(9-7-14)18(23)17-15-4-2-3-5-16(15)19-20-17/h2-5,13-14H,6-12H2,1H3,(H,19,20)/t13-/m0/s1. The first-order chi connectivity index (χ1) is 11.7. The zero-order valence-electron chi connectivity index (χ0n) is 14.1. The quantitative estimate of drug-likeness (QED) is 0.914. The molecule has 6 heteroatoms. The van der Waals surface area contributed by atoms with Gasteiger partial charge in [0.25, 0.3) is 5.91 Å². The first kappa shape index (κ1) is 15.6. The SMILES string of the molecule is C[C@H]1CN(C2CCN(C(=O)c3n[nH]c4ccccc34)CC2)CCO1. The Morgan fingerprint density at radius 1 is 1.25 bits per heavy atom. The number of aromatic amines is 1. The number of ether oxygens (including phenoxy) is 1. The molecule has 1 N–H and O–H groups in total. The maximum atomic E-state index is 12.8. The molecular weight excluding hydrogens is 304 g/mol. The fourth-order valence-corrected chi connectivity index (χ4v) is 3.89. The molecule has 2 saturated heterocycles. The Morgan fingerprint density at radius 2 is 2.04 bits per heavy atom. The molecule has 2 aromatic rings. The van der Waals surface area contributed by atoms with E-state index in [0.717, 1.165) is 56.5 Å². The van der Waals surface area contributed by atoms with Crippen molar-refractivity contribution >= 4 is 16.8 Å². The maximum Gasteiger partial charge on any atom is 0.274 e. The lowest BCUT2D eigenvalue weighted by atomic mass is 10.0. The van der Waals surface area contributed by atoms with E-state index in [4.69, 9.17) is 4.74 Å². The number of hydrogen-bond donors (Lipinski definition) is 1. The largest absolute Gasteiger partial charge is 0.376 e. The summed E-state index contributed by atoms with van der Waals surface area (Å²) in [6.45, 7) is 6.56. The van der Waals surface area contributed by atoms with E-state index in [1.807, 2.05) is 29.2 Å². The topological polar surface area (TPSA) is 61.5 Å². The molecule has 1 atom stereocenters. The molecule has 0 bridgehead atoms. The number of likely N-dealkylation sites (tertiary alicyclic amines) is 1. The second-order valence-electron chi connectivity index (χ2n) is 6.82. The lowest BCUT2D eigenvalue weighted by Gasteiger charge is -2.41. The zero-order valence-corrected chi connectivity index (χ0v) is 14.1. The van der Waals surface area contributed by atoms with Gasteiger partial charge in [0.1, 0.15) is 0 Å². The van der Waals surface area contributed by atoms with Crippen LogP contribution in [0.3, 0.4) is 0 Å². The predicted molar refractivity (Wildman–Crippen MR) is 92.0 cm³/mol. The van der Waals surface area contributed by atoms with E-state index in [1.165, 1.54) is 0 Å². The molecule has 6 nitrogen and oxygen atoms in total. The third-order valence-electron chi connectivity index (χ3n) is 5.21. The average Bonchev–Trinajstić information content (AvgIpc) is 3.05. The van der Waals surface area contributed by atoms with E-state index in [2.05, 4.69) is 22.0 Å². The number of fused-ring (bicyclic) bond motifs is 1. The molecule has 0 spiro atoms. The molecule has 2 fully saturated rings. The summed E-state index contributed by atoms with van der Waals surface area (Å²) in [6, 6.07) is 8.36. The normalized spacial score (nSPS) is 23.7. The molecule has 0 unspecified atom stereocenters. The lowest BCUT2D eigenvalue weighted by molar-refractivity contribution is -0.0423. The zero-order chi connectivity index (χ0) is 16.5. The molecule has 0 radical (unpaired) electrons. The lowest BCUT2D eigenvalue weighted by Crippen LogP contribution is -2.51. The third kappa shape index (κ3) is 2.91. The summed E-state index contributed by atoms with van der Waals surface area (Å²) < 4.78 is 5.63. The van der Waals surface area contributed by atoms with E-state index in [0.29, 0.717) is 17.8 Å². The fraction of sp³-hybridized carbons (Fsp3) is 0.556. The minimum absolute atomic E-state index is 0.0428. The molecule has 1 aromatic heterocycles. The molecule has 3 heterocycles. The maximum absolute atomic E-state index is 12.8. The Labute approximate surface area is 141 Å². The van der Waals surface area contributed by atoms with Crippen LogP contribution in [0.15, 0.2) is 24.3 Å². The van der Waals surface area contributed by atoms with E-state index >= 15 is 0 Å². The minimum Gasteiger partial charge on any atom is -0.376 e. The van der Waals surface area contributed by atoms with E-state index < -0.39 is 0 Å². The van der Waals surface area contributed by atoms with Gasteiger partial charge in [0.15, 0.2) is 5.69 Å². The molecule has 0 saturated carbocycles. The Balaban J connectivity index is 1.41. The van der Waals surface area contributed by atoms with E-state index in [-0.39, 0.29) is 5.91 Å². The number of hydrogen-bond acceptors (Lipinski definition) is 4. The van der Waals surface area contributed by atoms with Crippen molar-refractivity contribution in [3.8, 4) is 0 Å². The van der Waals surface area contributed by atoms with Crippen LogP contribution in [0.5, 0.6) is 0 Å². The average molecular weight is 328 g/mol. The summed E-state index contributed by atoms with van der Waals surface area (Å²) in [5.74, 6) is 0.0428. The van der Waals surface area contributed by atoms with Crippen molar-refractivity contribution in [1.29, 1.82) is 0 Å². The molecule has 1 aromatic carbocycles. The summed E-state index contributed by atoms with van der Waals surface area (Å²) in [5, 5.41) is 8.11. The number of morpholine rings is 1. The number of rotatable bonds is 2. The van der Waals surface area contributed by atoms with Crippen molar-refractivity contribution in [1.82, 2.24) is 20.0 Å². The van der Waals surface area contributed by atoms with Crippen LogP contribution >= 0.6 is 0 Å². The number of nitrogens with one attached hydrogen (secondary N) is 1. The Hall–Kier alpha value is -1.92. The highest BCUT2D eigenvalue weighted by Crippen LogP contribution is 2.22. The van der Waals surface area contributed by atoms with Gasteiger partial charge in [-0.15, -0.1) is 0 Å². The number of piperidine rings is 1. The predicted octanol–water partition coefficient (Wildman–Crippen LogP) is 1.89. The number of carbonyl (C=O) groups excluding carboxylic acids is 1. The second kappa shape index (κ2) is 6.53. The first-order valence-electron chi connectivity index (χ1n) is 8.80. The van der Waals surface area contributed by atoms with Gasteiger partial charge in [-0.25, -0.2) is 0 Å². The van der Waals surface area contributed by atoms with Crippen molar-refractivity contribution in [2.45, 2.75) is 31.9 Å². The van der Waals surface area contributed by atoms with Crippen LogP contribution in [-0.2, 0) is 4.74 Å². The highest BCUT2D eigenvalue weighted by molar-refractivity contribution is 6.04. The molecule has 2 aliphatic rings. The molecular formula is C18H24N4O2. The van der Waals surface area contributed by atoms with E-state index in [1.54, 1.807) is 0 Å². The summed E-state index contributed by atoms with van der Waals surface area (Å²) in [6.07, 6.45) is 2.37. The van der Waals surface area contributed by atoms with Crippen molar-refractivity contribution in [3.05, 3.63) is 30.0 Å². The van der Waals surface area contributed by atoms with Crippen molar-refractivity contribution in [3.63, 3.8) is 0 Å². The van der Waals surface area contributed by atoms with Gasteiger partial charge in [0.05, 0.1) is 18.2 Å². The molecule has 2 aliphatic heterocycles. The van der Waals surface area contributed by atoms with Crippen LogP contribution in [0, 0.1) is 0 Å². The Kier molecular flexibility index (Phi) is 4.24. The number of benzene rings is 1. The summed E-state index contributed by atoms with van der Waals surface area (Å²) in [4.78, 5) is 17.3. The summed E-state index contributed by atoms with van der Waals surface area (Å²) in [5.41, 5.74) is 1.46. The molecule has 128 valence electrons. The summed E-state index contributed by atoms with van der Waals surface area (Å²) >= 11 is 0. The molecule has 4 rings (SSSR count). The highest BCUT2D eigenvalue weighted by Gasteiger charge is 2.30. The van der Waals surface area contributed by atoms with Gasteiger partial charge < -0.3 is 9.64 Å². The van der Waals surface area contributed by atoms with Crippen LogP contribution in [0.2, 0.25) is 0 Å². The smallest absolute Gasteiger partial charge is 0.274 e. The van der Waals surface area contributed by atoms with Gasteiger partial charge in [-0.1, -0.05) is 18.2 Å². The van der Waals surface area contributed by atoms with Gasteiger partial charge in [-0.3, -0.25) is 14.8 Å². The number of nitrogens with zero attached hydrogens (tertiary/aromatic N) is 3. The van der Waals surface area contributed by atoms with Crippen molar-refractivity contribution in [2.75, 3.05) is 32.8 Å². The van der Waals surface area contributed by atoms with E-state index in [9.17, 15) is 4.79 Å². The molecule has 24 heavy (non-hydrogen) atoms. The van der Waals surface area contributed by atoms with Gasteiger partial charge in [0.2, 0.25) is 0 Å². The Bertz CT molecular complexity index is 721. The van der Waals surface area contributed by atoms with Crippen LogP contribution < -0.4 is 0 Å². The Morgan fingerprint density at radius 3 is 2.83 bits per heavy atom. The van der Waals surface area contributed by atoms with Crippen LogP contribution in [-0.4, -0.2) is 70.8 Å².